The highest BCUT2D eigenvalue weighted by Gasteiger charge is 2.12. The van der Waals surface area contributed by atoms with Crippen molar-refractivity contribution in [2.75, 3.05) is 17.7 Å². The number of halogens is 1. The Morgan fingerprint density at radius 1 is 1.28 bits per heavy atom. The number of hydrogen-bond donors (Lipinski definition) is 2. The molecule has 0 bridgehead atoms. The zero-order valence-electron chi connectivity index (χ0n) is 15.4. The number of nitrogens with one attached hydrogen (secondary N) is 2. The molecule has 148 valence electrons. The fourth-order valence-corrected chi connectivity index (χ4v) is 4.35. The Kier molecular flexibility index (Phi) is 6.03. The van der Waals surface area contributed by atoms with Crippen LogP contribution in [-0.4, -0.2) is 33.2 Å². The molecule has 9 heteroatoms. The van der Waals surface area contributed by atoms with E-state index in [-0.39, 0.29) is 11.7 Å². The largest absolute Gasteiger partial charge is 0.494 e. The van der Waals surface area contributed by atoms with Gasteiger partial charge >= 0.3 is 0 Å². The van der Waals surface area contributed by atoms with E-state index in [0.29, 0.717) is 21.9 Å². The maximum Gasteiger partial charge on any atom is 0.236 e. The lowest BCUT2D eigenvalue weighted by Crippen LogP contribution is -2.13. The smallest absolute Gasteiger partial charge is 0.236 e. The van der Waals surface area contributed by atoms with Gasteiger partial charge in [-0.3, -0.25) is 4.79 Å². The molecule has 0 spiro atoms. The van der Waals surface area contributed by atoms with Crippen LogP contribution < -0.4 is 10.1 Å². The number of hydrogen-bond acceptors (Lipinski definition) is 6. The second-order valence-electron chi connectivity index (χ2n) is 6.01. The summed E-state index contributed by atoms with van der Waals surface area (Å²) in [7, 11) is 0. The Labute approximate surface area is 180 Å². The average Bonchev–Trinajstić information content (AvgIpc) is 3.33. The van der Waals surface area contributed by atoms with Crippen molar-refractivity contribution in [3.63, 3.8) is 0 Å². The predicted octanol–water partition coefficient (Wildman–Crippen LogP) is 5.47. The van der Waals surface area contributed by atoms with Gasteiger partial charge in [0, 0.05) is 22.0 Å². The lowest BCUT2D eigenvalue weighted by atomic mass is 10.2. The molecule has 2 heterocycles. The predicted molar refractivity (Wildman–Crippen MR) is 119 cm³/mol. The van der Waals surface area contributed by atoms with Crippen molar-refractivity contribution < 1.29 is 9.53 Å². The first-order chi connectivity index (χ1) is 14.1. The minimum absolute atomic E-state index is 0.148. The molecule has 0 aliphatic heterocycles. The number of anilines is 1. The lowest BCUT2D eigenvalue weighted by Gasteiger charge is -2.01. The van der Waals surface area contributed by atoms with Crippen LogP contribution in [0.25, 0.3) is 22.3 Å². The topological polar surface area (TPSA) is 79.9 Å². The third-order valence-corrected chi connectivity index (χ3v) is 5.94. The molecule has 1 amide bonds. The molecule has 0 fully saturated rings. The van der Waals surface area contributed by atoms with E-state index in [0.717, 1.165) is 28.0 Å². The van der Waals surface area contributed by atoms with Crippen LogP contribution in [0.4, 0.5) is 5.13 Å². The molecule has 0 saturated heterocycles. The van der Waals surface area contributed by atoms with E-state index >= 15 is 0 Å². The Morgan fingerprint density at radius 2 is 2.14 bits per heavy atom. The second kappa shape index (κ2) is 8.86. The Balaban J connectivity index is 1.37. The highest BCUT2D eigenvalue weighted by atomic mass is 35.5. The standard InChI is InChI=1S/C20H17ClN4O2S2/c1-2-27-12-7-8-15-16(9-12)23-19(22-15)29-11-18(26)25-20-24-17(10-28-20)13-5-3-4-6-14(13)21/h3-10H,2,11H2,1H3,(H,22,23)(H,24,25,26). The number of benzene rings is 2. The van der Waals surface area contributed by atoms with Crippen molar-refractivity contribution in [3.8, 4) is 17.0 Å². The monoisotopic (exact) mass is 444 g/mol. The minimum Gasteiger partial charge on any atom is -0.494 e. The lowest BCUT2D eigenvalue weighted by molar-refractivity contribution is -0.113. The third-order valence-electron chi connectivity index (χ3n) is 3.98. The van der Waals surface area contributed by atoms with Crippen molar-refractivity contribution in [1.29, 1.82) is 0 Å². The molecular weight excluding hydrogens is 428 g/mol. The zero-order chi connectivity index (χ0) is 20.2. The van der Waals surface area contributed by atoms with Crippen LogP contribution in [0.1, 0.15) is 6.92 Å². The molecular formula is C20H17ClN4O2S2. The molecule has 4 rings (SSSR count). The van der Waals surface area contributed by atoms with Crippen LogP contribution in [0.15, 0.2) is 53.0 Å². The molecule has 0 saturated carbocycles. The number of fused-ring (bicyclic) bond motifs is 1. The maximum absolute atomic E-state index is 12.3. The van der Waals surface area contributed by atoms with Gasteiger partial charge in [0.05, 0.1) is 29.1 Å². The number of carbonyl (C=O) groups excluding carboxylic acids is 1. The van der Waals surface area contributed by atoms with Gasteiger partial charge in [-0.25, -0.2) is 9.97 Å². The number of H-pyrrole nitrogens is 1. The Morgan fingerprint density at radius 3 is 2.97 bits per heavy atom. The first-order valence-electron chi connectivity index (χ1n) is 8.88. The van der Waals surface area contributed by atoms with E-state index in [2.05, 4.69) is 20.3 Å². The highest BCUT2D eigenvalue weighted by Crippen LogP contribution is 2.30. The van der Waals surface area contributed by atoms with Crippen molar-refractivity contribution in [2.45, 2.75) is 12.1 Å². The number of nitrogens with zero attached hydrogens (tertiary/aromatic N) is 2. The number of thioether (sulfide) groups is 1. The molecule has 0 radical (unpaired) electrons. The van der Waals surface area contributed by atoms with Gasteiger partial charge in [0.2, 0.25) is 5.91 Å². The number of thiazole rings is 1. The first-order valence-corrected chi connectivity index (χ1v) is 11.1. The number of aromatic nitrogens is 3. The molecule has 0 unspecified atom stereocenters. The van der Waals surface area contributed by atoms with Crippen LogP contribution >= 0.6 is 34.7 Å². The van der Waals surface area contributed by atoms with Gasteiger partial charge in [-0.15, -0.1) is 11.3 Å². The van der Waals surface area contributed by atoms with Crippen LogP contribution in [0.5, 0.6) is 5.75 Å². The zero-order valence-corrected chi connectivity index (χ0v) is 17.8. The average molecular weight is 445 g/mol. The Hall–Kier alpha value is -2.55. The molecule has 4 aromatic rings. The van der Waals surface area contributed by atoms with Crippen molar-refractivity contribution in [2.24, 2.45) is 0 Å². The van der Waals surface area contributed by atoms with Crippen LogP contribution in [0.3, 0.4) is 0 Å². The minimum atomic E-state index is -0.148. The summed E-state index contributed by atoms with van der Waals surface area (Å²) >= 11 is 8.91. The molecule has 2 N–H and O–H groups in total. The van der Waals surface area contributed by atoms with E-state index in [4.69, 9.17) is 16.3 Å². The number of ether oxygens (including phenoxy) is 1. The van der Waals surface area contributed by atoms with Gasteiger partial charge < -0.3 is 15.0 Å². The Bertz CT molecular complexity index is 1160. The summed E-state index contributed by atoms with van der Waals surface area (Å²) < 4.78 is 5.50. The number of carbonyl (C=O) groups is 1. The van der Waals surface area contributed by atoms with Crippen molar-refractivity contribution >= 4 is 56.8 Å². The summed E-state index contributed by atoms with van der Waals surface area (Å²) in [6.07, 6.45) is 0. The number of rotatable bonds is 7. The van der Waals surface area contributed by atoms with Gasteiger partial charge in [0.1, 0.15) is 5.75 Å². The number of imidazole rings is 1. The van der Waals surface area contributed by atoms with Crippen LogP contribution in [0.2, 0.25) is 5.02 Å². The summed E-state index contributed by atoms with van der Waals surface area (Å²) in [6, 6.07) is 13.2. The molecule has 2 aromatic heterocycles. The van der Waals surface area contributed by atoms with Gasteiger partial charge in [-0.05, 0) is 25.1 Å². The maximum atomic E-state index is 12.3. The number of amides is 1. The van der Waals surface area contributed by atoms with Gasteiger partial charge in [-0.1, -0.05) is 41.6 Å². The molecule has 0 atom stereocenters. The van der Waals surface area contributed by atoms with Crippen LogP contribution in [0, 0.1) is 0 Å². The molecule has 6 nitrogen and oxygen atoms in total. The van der Waals surface area contributed by atoms with E-state index in [1.54, 1.807) is 0 Å². The van der Waals surface area contributed by atoms with Gasteiger partial charge in [0.15, 0.2) is 10.3 Å². The van der Waals surface area contributed by atoms with Crippen molar-refractivity contribution in [1.82, 2.24) is 15.0 Å². The SMILES string of the molecule is CCOc1ccc2nc(SCC(=O)Nc3nc(-c4ccccc4Cl)cs3)[nH]c2c1. The summed E-state index contributed by atoms with van der Waals surface area (Å²) in [6.45, 7) is 2.55. The molecule has 29 heavy (non-hydrogen) atoms. The number of aromatic amines is 1. The second-order valence-corrected chi connectivity index (χ2v) is 8.24. The summed E-state index contributed by atoms with van der Waals surface area (Å²) in [5.41, 5.74) is 3.30. The van der Waals surface area contributed by atoms with E-state index in [1.807, 2.05) is 54.8 Å². The van der Waals surface area contributed by atoms with E-state index in [1.165, 1.54) is 23.1 Å². The summed E-state index contributed by atoms with van der Waals surface area (Å²) in [4.78, 5) is 24.5. The van der Waals surface area contributed by atoms with Crippen LogP contribution in [-0.2, 0) is 4.79 Å². The summed E-state index contributed by atoms with van der Waals surface area (Å²) in [5, 5.41) is 6.55. The van der Waals surface area contributed by atoms with Gasteiger partial charge in [0.25, 0.3) is 0 Å². The van der Waals surface area contributed by atoms with Gasteiger partial charge in [-0.2, -0.15) is 0 Å². The van der Waals surface area contributed by atoms with Crippen molar-refractivity contribution in [3.05, 3.63) is 52.9 Å². The van der Waals surface area contributed by atoms with E-state index in [9.17, 15) is 4.79 Å². The quantitative estimate of drug-likeness (QED) is 0.369. The molecule has 0 aliphatic carbocycles. The van der Waals surface area contributed by atoms with E-state index < -0.39 is 0 Å². The molecule has 2 aromatic carbocycles. The fraction of sp³-hybridized carbons (Fsp3) is 0.150. The fourth-order valence-electron chi connectivity index (χ4n) is 2.70. The highest BCUT2D eigenvalue weighted by molar-refractivity contribution is 7.99. The third kappa shape index (κ3) is 4.72. The normalized spacial score (nSPS) is 11.0. The summed E-state index contributed by atoms with van der Waals surface area (Å²) in [5.74, 6) is 0.862. The first kappa shape index (κ1) is 19.8. The molecule has 0 aliphatic rings.